The molecule has 3 atom stereocenters. The first kappa shape index (κ1) is 17.2. The number of likely N-dealkylation sites (tertiary alicyclic amines) is 1. The van der Waals surface area contributed by atoms with Gasteiger partial charge in [-0.1, -0.05) is 6.92 Å². The molecule has 1 amide bonds. The van der Waals surface area contributed by atoms with E-state index in [0.29, 0.717) is 25.2 Å². The van der Waals surface area contributed by atoms with E-state index in [1.807, 2.05) is 24.8 Å². The Balaban J connectivity index is 1.74. The molecule has 0 aliphatic carbocycles. The second-order valence-electron chi connectivity index (χ2n) is 7.00. The van der Waals surface area contributed by atoms with Crippen LogP contribution < -0.4 is 5.32 Å². The Morgan fingerprint density at radius 2 is 2.29 bits per heavy atom. The van der Waals surface area contributed by atoms with Gasteiger partial charge in [-0.2, -0.15) is 5.10 Å². The monoisotopic (exact) mass is 340 g/mol. The van der Waals surface area contributed by atoms with Crippen molar-refractivity contribution in [3.63, 3.8) is 0 Å². The van der Waals surface area contributed by atoms with E-state index in [1.54, 1.807) is 0 Å². The van der Waals surface area contributed by atoms with Crippen LogP contribution in [0.1, 0.15) is 50.8 Å². The largest absolute Gasteiger partial charge is 0.367 e. The number of alkyl halides is 2. The molecule has 2 aliphatic heterocycles. The van der Waals surface area contributed by atoms with Gasteiger partial charge in [0, 0.05) is 31.6 Å². The molecular formula is C17H26F2N4O. The molecule has 1 fully saturated rings. The minimum Gasteiger partial charge on any atom is -0.367 e. The number of hydrogen-bond donors (Lipinski definition) is 1. The van der Waals surface area contributed by atoms with Crippen molar-refractivity contribution in [3.05, 3.63) is 11.8 Å². The minimum atomic E-state index is -2.44. The lowest BCUT2D eigenvalue weighted by atomic mass is 9.86. The molecule has 0 aromatic carbocycles. The Kier molecular flexibility index (Phi) is 5.06. The number of carbonyl (C=O) groups excluding carboxylic acids is 1. The predicted octanol–water partition coefficient (Wildman–Crippen LogP) is 3.22. The van der Waals surface area contributed by atoms with Crippen LogP contribution in [0.3, 0.4) is 0 Å². The van der Waals surface area contributed by atoms with E-state index in [0.717, 1.165) is 31.5 Å². The van der Waals surface area contributed by atoms with Gasteiger partial charge in [-0.15, -0.1) is 0 Å². The van der Waals surface area contributed by atoms with Gasteiger partial charge < -0.3 is 10.2 Å². The number of hydrogen-bond acceptors (Lipinski definition) is 3. The van der Waals surface area contributed by atoms with Crippen LogP contribution in [0.25, 0.3) is 0 Å². The highest BCUT2D eigenvalue weighted by Gasteiger charge is 2.38. The number of piperidine rings is 1. The van der Waals surface area contributed by atoms with E-state index >= 15 is 0 Å². The van der Waals surface area contributed by atoms with Gasteiger partial charge in [0.15, 0.2) is 0 Å². The van der Waals surface area contributed by atoms with Crippen LogP contribution in [0.4, 0.5) is 14.6 Å². The number of fused-ring (bicyclic) bond motifs is 1. The first-order valence-corrected chi connectivity index (χ1v) is 8.88. The van der Waals surface area contributed by atoms with Gasteiger partial charge in [-0.05, 0) is 38.5 Å². The molecule has 1 aromatic rings. The molecule has 24 heavy (non-hydrogen) atoms. The Morgan fingerprint density at radius 3 is 3.00 bits per heavy atom. The van der Waals surface area contributed by atoms with Gasteiger partial charge in [0.1, 0.15) is 11.9 Å². The molecule has 5 nitrogen and oxygen atoms in total. The molecule has 134 valence electrons. The molecule has 0 radical (unpaired) electrons. The second kappa shape index (κ2) is 7.07. The first-order chi connectivity index (χ1) is 11.5. The van der Waals surface area contributed by atoms with Crippen LogP contribution in [0, 0.1) is 12.8 Å². The van der Waals surface area contributed by atoms with Crippen molar-refractivity contribution >= 4 is 11.7 Å². The van der Waals surface area contributed by atoms with Gasteiger partial charge in [0.25, 0.3) is 6.43 Å². The summed E-state index contributed by atoms with van der Waals surface area (Å²) in [6.45, 7) is 5.27. The van der Waals surface area contributed by atoms with Crippen molar-refractivity contribution in [2.45, 2.75) is 64.5 Å². The maximum atomic E-state index is 13.5. The molecule has 0 bridgehead atoms. The lowest BCUT2D eigenvalue weighted by molar-refractivity contribution is -0.133. The van der Waals surface area contributed by atoms with E-state index < -0.39 is 12.5 Å². The molecule has 2 aliphatic rings. The maximum Gasteiger partial charge on any atom is 0.260 e. The number of halogens is 2. The number of nitrogens with zero attached hydrogens (tertiary/aromatic N) is 3. The smallest absolute Gasteiger partial charge is 0.260 e. The summed E-state index contributed by atoms with van der Waals surface area (Å²) in [5.74, 6) is 1.07. The third-order valence-corrected chi connectivity index (χ3v) is 5.14. The maximum absolute atomic E-state index is 13.5. The molecule has 3 rings (SSSR count). The summed E-state index contributed by atoms with van der Waals surface area (Å²) in [6.07, 6.45) is 1.23. The van der Waals surface area contributed by atoms with Crippen LogP contribution in [0.5, 0.6) is 0 Å². The summed E-state index contributed by atoms with van der Waals surface area (Å²) < 4.78 is 28.4. The van der Waals surface area contributed by atoms with Crippen molar-refractivity contribution < 1.29 is 13.6 Å². The highest BCUT2D eigenvalue weighted by atomic mass is 19.3. The minimum absolute atomic E-state index is 0.0372. The fraction of sp³-hybridized carbons (Fsp3) is 0.765. The van der Waals surface area contributed by atoms with Crippen LogP contribution in [0.2, 0.25) is 0 Å². The quantitative estimate of drug-likeness (QED) is 0.915. The Morgan fingerprint density at radius 1 is 1.50 bits per heavy atom. The van der Waals surface area contributed by atoms with Crippen molar-refractivity contribution in [2.75, 3.05) is 18.4 Å². The summed E-state index contributed by atoms with van der Waals surface area (Å²) >= 11 is 0. The zero-order valence-electron chi connectivity index (χ0n) is 14.3. The highest BCUT2D eigenvalue weighted by Crippen LogP contribution is 2.36. The van der Waals surface area contributed by atoms with Gasteiger partial charge >= 0.3 is 0 Å². The zero-order valence-corrected chi connectivity index (χ0v) is 14.3. The summed E-state index contributed by atoms with van der Waals surface area (Å²) in [4.78, 5) is 14.1. The van der Waals surface area contributed by atoms with Gasteiger partial charge in [-0.3, -0.25) is 4.79 Å². The van der Waals surface area contributed by atoms with Gasteiger partial charge in [-0.25, -0.2) is 13.5 Å². The van der Waals surface area contributed by atoms with Gasteiger partial charge in [0.05, 0.1) is 5.69 Å². The van der Waals surface area contributed by atoms with E-state index in [9.17, 15) is 13.6 Å². The highest BCUT2D eigenvalue weighted by molar-refractivity contribution is 5.76. The number of aryl methyl sites for hydroxylation is 1. The van der Waals surface area contributed by atoms with Crippen LogP contribution in [-0.2, 0) is 4.79 Å². The van der Waals surface area contributed by atoms with Crippen LogP contribution in [0.15, 0.2) is 6.07 Å². The number of carbonyl (C=O) groups is 1. The topological polar surface area (TPSA) is 50.2 Å². The van der Waals surface area contributed by atoms with E-state index in [1.165, 1.54) is 4.68 Å². The number of anilines is 1. The zero-order chi connectivity index (χ0) is 17.3. The number of aromatic nitrogens is 2. The number of nitrogens with one attached hydrogen (secondary N) is 1. The lowest BCUT2D eigenvalue weighted by Gasteiger charge is -2.41. The summed E-state index contributed by atoms with van der Waals surface area (Å²) in [7, 11) is 0. The van der Waals surface area contributed by atoms with Crippen LogP contribution in [-0.4, -0.2) is 46.1 Å². The molecule has 0 saturated carbocycles. The predicted molar refractivity (Wildman–Crippen MR) is 88.2 cm³/mol. The first-order valence-electron chi connectivity index (χ1n) is 8.88. The average molecular weight is 340 g/mol. The van der Waals surface area contributed by atoms with Crippen LogP contribution >= 0.6 is 0 Å². The fourth-order valence-electron chi connectivity index (χ4n) is 3.94. The Labute approximate surface area is 141 Å². The Hall–Kier alpha value is -1.66. The number of rotatable bonds is 4. The second-order valence-corrected chi connectivity index (χ2v) is 7.00. The molecule has 1 aromatic heterocycles. The molecule has 0 spiro atoms. The third kappa shape index (κ3) is 3.39. The molecule has 3 heterocycles. The normalized spacial score (nSPS) is 27.0. The standard InChI is InChI=1S/C17H26F2N4O/c1-3-5-16(24)22-7-4-6-12(10-22)13-9-14(17(18)19)23-15(20-13)8-11(2)21-23/h8,12-14,17,20H,3-7,9-10H2,1-2H3/t12-,13-,14+/m0/s1. The fourth-order valence-corrected chi connectivity index (χ4v) is 3.94. The summed E-state index contributed by atoms with van der Waals surface area (Å²) in [6, 6.07) is 0.899. The Bertz CT molecular complexity index is 589. The molecular weight excluding hydrogens is 314 g/mol. The molecule has 7 heteroatoms. The SMILES string of the molecule is CCCC(=O)N1CCC[C@H]([C@@H]2C[C@H](C(F)F)n3nc(C)cc3N2)C1. The van der Waals surface area contributed by atoms with Gasteiger partial charge in [0.2, 0.25) is 5.91 Å². The van der Waals surface area contributed by atoms with Crippen molar-refractivity contribution in [1.29, 1.82) is 0 Å². The molecule has 1 saturated heterocycles. The molecule has 1 N–H and O–H groups in total. The summed E-state index contributed by atoms with van der Waals surface area (Å²) in [5.41, 5.74) is 0.743. The molecule has 0 unspecified atom stereocenters. The van der Waals surface area contributed by atoms with E-state index in [2.05, 4.69) is 10.4 Å². The van der Waals surface area contributed by atoms with Crippen molar-refractivity contribution in [2.24, 2.45) is 5.92 Å². The summed E-state index contributed by atoms with van der Waals surface area (Å²) in [5, 5.41) is 7.60. The van der Waals surface area contributed by atoms with Crippen molar-refractivity contribution in [3.8, 4) is 0 Å². The van der Waals surface area contributed by atoms with Crippen molar-refractivity contribution in [1.82, 2.24) is 14.7 Å². The van der Waals surface area contributed by atoms with E-state index in [4.69, 9.17) is 0 Å². The third-order valence-electron chi connectivity index (χ3n) is 5.14. The average Bonchev–Trinajstić information content (AvgIpc) is 2.94. The number of amides is 1. The van der Waals surface area contributed by atoms with E-state index in [-0.39, 0.29) is 17.9 Å². The lowest BCUT2D eigenvalue weighted by Crippen LogP contribution is -2.48.